The second-order valence-corrected chi connectivity index (χ2v) is 7.74. The van der Waals surface area contributed by atoms with Crippen LogP contribution in [0, 0.1) is 11.3 Å². The summed E-state index contributed by atoms with van der Waals surface area (Å²) in [5.74, 6) is -0.0591. The van der Waals surface area contributed by atoms with E-state index in [4.69, 9.17) is 5.26 Å². The highest BCUT2D eigenvalue weighted by atomic mass is 35.5. The van der Waals surface area contributed by atoms with E-state index in [1.165, 1.54) is 11.1 Å². The van der Waals surface area contributed by atoms with E-state index in [2.05, 4.69) is 27.3 Å². The second-order valence-electron chi connectivity index (χ2n) is 7.74. The van der Waals surface area contributed by atoms with Crippen LogP contribution in [0.15, 0.2) is 54.7 Å². The number of hydrogen-bond donors (Lipinski definition) is 2. The minimum atomic E-state index is -0.0591. The van der Waals surface area contributed by atoms with Crippen molar-refractivity contribution in [3.05, 3.63) is 77.0 Å². The number of para-hydroxylation sites is 1. The molecule has 2 aromatic carbocycles. The zero-order chi connectivity index (χ0) is 20.8. The average Bonchev–Trinajstić information content (AvgIpc) is 3.20. The van der Waals surface area contributed by atoms with Gasteiger partial charge < -0.3 is 10.3 Å². The molecule has 1 aromatic heterocycles. The van der Waals surface area contributed by atoms with E-state index in [0.29, 0.717) is 6.54 Å². The van der Waals surface area contributed by atoms with E-state index in [0.717, 1.165) is 60.9 Å². The highest BCUT2D eigenvalue weighted by Crippen LogP contribution is 2.21. The first-order valence-corrected chi connectivity index (χ1v) is 10.5. The first-order chi connectivity index (χ1) is 14.7. The van der Waals surface area contributed by atoms with Gasteiger partial charge in [0.05, 0.1) is 11.6 Å². The van der Waals surface area contributed by atoms with E-state index < -0.39 is 0 Å². The molecule has 2 N–H and O–H groups in total. The van der Waals surface area contributed by atoms with Crippen LogP contribution in [0.1, 0.15) is 35.1 Å². The molecule has 0 bridgehead atoms. The van der Waals surface area contributed by atoms with Crippen molar-refractivity contribution in [2.24, 2.45) is 0 Å². The van der Waals surface area contributed by atoms with Crippen LogP contribution in [0.3, 0.4) is 0 Å². The summed E-state index contributed by atoms with van der Waals surface area (Å²) in [5, 5.41) is 13.2. The van der Waals surface area contributed by atoms with Crippen LogP contribution in [-0.2, 0) is 17.8 Å². The maximum atomic E-state index is 12.1. The number of fused-ring (bicyclic) bond motifs is 2. The maximum Gasteiger partial charge on any atom is 0.244 e. The summed E-state index contributed by atoms with van der Waals surface area (Å²) in [6.45, 7) is 3.65. The Hall–Kier alpha value is -3.07. The van der Waals surface area contributed by atoms with Gasteiger partial charge in [-0.15, -0.1) is 12.4 Å². The Morgan fingerprint density at radius 1 is 1.19 bits per heavy atom. The smallest absolute Gasteiger partial charge is 0.244 e. The van der Waals surface area contributed by atoms with Gasteiger partial charge >= 0.3 is 0 Å². The SMILES string of the molecule is Cl.N#Cc1ccc2c(c1)CN(CCCCNC(=O)/C=C/c1c[nH]c3ccccc13)CC2. The molecule has 0 saturated heterocycles. The lowest BCUT2D eigenvalue weighted by Crippen LogP contribution is -2.32. The Morgan fingerprint density at radius 3 is 2.94 bits per heavy atom. The van der Waals surface area contributed by atoms with Crippen molar-refractivity contribution in [3.8, 4) is 6.07 Å². The van der Waals surface area contributed by atoms with Gasteiger partial charge in [0.25, 0.3) is 0 Å². The number of H-pyrrole nitrogens is 1. The largest absolute Gasteiger partial charge is 0.361 e. The van der Waals surface area contributed by atoms with Crippen LogP contribution in [0.4, 0.5) is 0 Å². The molecule has 1 aliphatic rings. The molecular weight excluding hydrogens is 408 g/mol. The summed E-state index contributed by atoms with van der Waals surface area (Å²) in [6.07, 6.45) is 8.41. The van der Waals surface area contributed by atoms with Crippen LogP contribution in [0.5, 0.6) is 0 Å². The lowest BCUT2D eigenvalue weighted by molar-refractivity contribution is -0.116. The van der Waals surface area contributed by atoms with Gasteiger partial charge in [0, 0.05) is 42.8 Å². The summed E-state index contributed by atoms with van der Waals surface area (Å²) in [4.78, 5) is 17.7. The maximum absolute atomic E-state index is 12.1. The fourth-order valence-corrected chi connectivity index (χ4v) is 4.00. The molecule has 1 amide bonds. The third kappa shape index (κ3) is 5.75. The minimum Gasteiger partial charge on any atom is -0.361 e. The fourth-order valence-electron chi connectivity index (χ4n) is 4.00. The topological polar surface area (TPSA) is 71.9 Å². The number of rotatable bonds is 7. The highest BCUT2D eigenvalue weighted by Gasteiger charge is 2.16. The van der Waals surface area contributed by atoms with Crippen molar-refractivity contribution in [2.45, 2.75) is 25.8 Å². The summed E-state index contributed by atoms with van der Waals surface area (Å²) < 4.78 is 0. The van der Waals surface area contributed by atoms with Crippen LogP contribution in [0.2, 0.25) is 0 Å². The van der Waals surface area contributed by atoms with E-state index in [9.17, 15) is 4.79 Å². The monoisotopic (exact) mass is 434 g/mol. The molecule has 31 heavy (non-hydrogen) atoms. The molecule has 160 valence electrons. The first-order valence-electron chi connectivity index (χ1n) is 10.5. The van der Waals surface area contributed by atoms with Gasteiger partial charge in [-0.2, -0.15) is 5.26 Å². The van der Waals surface area contributed by atoms with Crippen molar-refractivity contribution >= 4 is 35.3 Å². The van der Waals surface area contributed by atoms with E-state index in [1.54, 1.807) is 6.08 Å². The van der Waals surface area contributed by atoms with Gasteiger partial charge in [-0.25, -0.2) is 0 Å². The molecule has 0 aliphatic carbocycles. The van der Waals surface area contributed by atoms with E-state index in [-0.39, 0.29) is 18.3 Å². The molecule has 1 aliphatic heterocycles. The number of carbonyl (C=O) groups excluding carboxylic acids is 1. The minimum absolute atomic E-state index is 0. The quantitative estimate of drug-likeness (QED) is 0.427. The molecule has 4 rings (SSSR count). The molecule has 0 fully saturated rings. The summed E-state index contributed by atoms with van der Waals surface area (Å²) in [5.41, 5.74) is 5.46. The zero-order valence-corrected chi connectivity index (χ0v) is 18.3. The Bertz CT molecular complexity index is 1110. The van der Waals surface area contributed by atoms with Gasteiger partial charge in [-0.05, 0) is 66.8 Å². The molecule has 5 nitrogen and oxygen atoms in total. The molecule has 0 unspecified atom stereocenters. The normalized spacial score (nSPS) is 13.5. The molecule has 0 atom stereocenters. The molecule has 2 heterocycles. The van der Waals surface area contributed by atoms with Gasteiger partial charge in [0.15, 0.2) is 0 Å². The van der Waals surface area contributed by atoms with E-state index >= 15 is 0 Å². The van der Waals surface area contributed by atoms with Gasteiger partial charge in [-0.3, -0.25) is 9.69 Å². The first kappa shape index (κ1) is 22.6. The number of benzene rings is 2. The molecule has 0 saturated carbocycles. The van der Waals surface area contributed by atoms with Crippen LogP contribution in [-0.4, -0.2) is 35.4 Å². The summed E-state index contributed by atoms with van der Waals surface area (Å²) in [6, 6.07) is 16.3. The molecule has 3 aromatic rings. The van der Waals surface area contributed by atoms with Crippen molar-refractivity contribution in [3.63, 3.8) is 0 Å². The number of nitrogens with one attached hydrogen (secondary N) is 2. The van der Waals surface area contributed by atoms with Crippen LogP contribution < -0.4 is 5.32 Å². The van der Waals surface area contributed by atoms with Crippen LogP contribution in [0.25, 0.3) is 17.0 Å². The number of aromatic nitrogens is 1. The predicted molar refractivity (Wildman–Crippen MR) is 127 cm³/mol. The van der Waals surface area contributed by atoms with Crippen molar-refractivity contribution in [1.29, 1.82) is 5.26 Å². The van der Waals surface area contributed by atoms with Gasteiger partial charge in [0.2, 0.25) is 5.91 Å². The predicted octanol–water partition coefficient (Wildman–Crippen LogP) is 4.43. The standard InChI is InChI=1S/C25H26N4O.ClH/c26-16-19-7-8-20-11-14-29(18-22(20)15-19)13-4-3-12-27-25(30)10-9-21-17-28-24-6-2-1-5-23(21)24;/h1-2,5-10,15,17,28H,3-4,11-14,18H2,(H,27,30);1H/b10-9+;. The fraction of sp³-hybridized carbons (Fsp3) is 0.280. The Labute approximate surface area is 189 Å². The number of nitriles is 1. The highest BCUT2D eigenvalue weighted by molar-refractivity contribution is 5.96. The average molecular weight is 435 g/mol. The lowest BCUT2D eigenvalue weighted by atomic mass is 9.97. The van der Waals surface area contributed by atoms with Gasteiger partial charge in [-0.1, -0.05) is 24.3 Å². The molecular formula is C25H27ClN4O. The number of hydrogen-bond acceptors (Lipinski definition) is 3. The Balaban J connectivity index is 0.00000272. The van der Waals surface area contributed by atoms with Crippen molar-refractivity contribution in [2.75, 3.05) is 19.6 Å². The van der Waals surface area contributed by atoms with Crippen molar-refractivity contribution in [1.82, 2.24) is 15.2 Å². The van der Waals surface area contributed by atoms with E-state index in [1.807, 2.05) is 48.7 Å². The third-order valence-corrected chi connectivity index (χ3v) is 5.66. The number of aromatic amines is 1. The number of unbranched alkanes of at least 4 members (excludes halogenated alkanes) is 1. The van der Waals surface area contributed by atoms with Gasteiger partial charge in [0.1, 0.15) is 0 Å². The van der Waals surface area contributed by atoms with Crippen LogP contribution >= 0.6 is 12.4 Å². The third-order valence-electron chi connectivity index (χ3n) is 5.66. The van der Waals surface area contributed by atoms with Crippen molar-refractivity contribution < 1.29 is 4.79 Å². The Morgan fingerprint density at radius 2 is 2.06 bits per heavy atom. The number of halogens is 1. The molecule has 0 spiro atoms. The summed E-state index contributed by atoms with van der Waals surface area (Å²) >= 11 is 0. The number of carbonyl (C=O) groups is 1. The molecule has 6 heteroatoms. The zero-order valence-electron chi connectivity index (χ0n) is 17.4. The number of amides is 1. The summed E-state index contributed by atoms with van der Waals surface area (Å²) in [7, 11) is 0. The lowest BCUT2D eigenvalue weighted by Gasteiger charge is -2.28. The second kappa shape index (κ2) is 10.8. The Kier molecular flexibility index (Phi) is 7.88. The molecule has 0 radical (unpaired) electrons. The number of nitrogens with zero attached hydrogens (tertiary/aromatic N) is 2.